The van der Waals surface area contributed by atoms with Crippen LogP contribution in [0.2, 0.25) is 0 Å². The van der Waals surface area contributed by atoms with Gasteiger partial charge in [0.25, 0.3) is 0 Å². The van der Waals surface area contributed by atoms with E-state index in [1.54, 1.807) is 27.2 Å². The van der Waals surface area contributed by atoms with Crippen LogP contribution in [0.15, 0.2) is 42.5 Å². The van der Waals surface area contributed by atoms with Gasteiger partial charge < -0.3 is 14.6 Å². The Morgan fingerprint density at radius 2 is 1.61 bits per heavy atom. The van der Waals surface area contributed by atoms with E-state index in [9.17, 15) is 14.7 Å². The van der Waals surface area contributed by atoms with Gasteiger partial charge in [0.2, 0.25) is 0 Å². The fourth-order valence-corrected chi connectivity index (χ4v) is 6.13. The first-order valence-electron chi connectivity index (χ1n) is 9.40. The highest BCUT2D eigenvalue weighted by molar-refractivity contribution is 6.18. The fraction of sp³-hybridized carbons (Fsp3) is 0.391. The van der Waals surface area contributed by atoms with Crippen LogP contribution in [0, 0.1) is 11.3 Å². The van der Waals surface area contributed by atoms with Gasteiger partial charge in [-0.15, -0.1) is 0 Å². The average Bonchev–Trinajstić information content (AvgIpc) is 3.33. The number of aliphatic hydroxyl groups is 1. The molecule has 2 aromatic rings. The minimum atomic E-state index is -1.39. The molecule has 0 saturated heterocycles. The zero-order valence-electron chi connectivity index (χ0n) is 16.3. The Balaban J connectivity index is 1.90. The van der Waals surface area contributed by atoms with Gasteiger partial charge in [-0.3, -0.25) is 9.59 Å². The summed E-state index contributed by atoms with van der Waals surface area (Å²) in [5.41, 5.74) is -0.652. The number of aliphatic hydroxyl groups excluding tert-OH is 1. The summed E-state index contributed by atoms with van der Waals surface area (Å²) in [6, 6.07) is 13.2. The Bertz CT molecular complexity index is 1040. The van der Waals surface area contributed by atoms with Gasteiger partial charge in [0.05, 0.1) is 25.0 Å². The number of benzene rings is 2. The third-order valence-corrected chi connectivity index (χ3v) is 7.56. The van der Waals surface area contributed by atoms with Crippen molar-refractivity contribution in [3.63, 3.8) is 0 Å². The lowest BCUT2D eigenvalue weighted by Gasteiger charge is -2.41. The van der Waals surface area contributed by atoms with Gasteiger partial charge in [-0.25, -0.2) is 0 Å². The molecule has 3 aliphatic carbocycles. The molecule has 3 aliphatic rings. The summed E-state index contributed by atoms with van der Waals surface area (Å²) >= 11 is 0. The van der Waals surface area contributed by atoms with Gasteiger partial charge in [-0.2, -0.15) is 0 Å². The molecule has 0 radical (unpaired) electrons. The lowest BCUT2D eigenvalue weighted by molar-refractivity contribution is -0.149. The number of ketones is 2. The molecule has 0 spiro atoms. The van der Waals surface area contributed by atoms with Crippen molar-refractivity contribution in [1.82, 2.24) is 0 Å². The zero-order valence-corrected chi connectivity index (χ0v) is 16.3. The number of carbonyl (C=O) groups is 2. The second-order valence-corrected chi connectivity index (χ2v) is 8.39. The van der Waals surface area contributed by atoms with Crippen LogP contribution in [-0.4, -0.2) is 37.0 Å². The van der Waals surface area contributed by atoms with Crippen molar-refractivity contribution in [3.8, 4) is 11.5 Å². The summed E-state index contributed by atoms with van der Waals surface area (Å²) in [4.78, 5) is 27.1. The molecule has 144 valence electrons. The normalized spacial score (nSPS) is 37.3. The molecule has 1 N–H and O–H groups in total. The first-order chi connectivity index (χ1) is 13.3. The van der Waals surface area contributed by atoms with Crippen molar-refractivity contribution in [2.24, 2.45) is 11.3 Å². The van der Waals surface area contributed by atoms with E-state index < -0.39 is 28.3 Å². The molecule has 0 aliphatic heterocycles. The molecule has 2 unspecified atom stereocenters. The highest BCUT2D eigenvalue weighted by Crippen LogP contribution is 2.81. The number of Topliss-reactive ketones (excluding diaryl/α,β-unsaturated/α-hetero) is 2. The summed E-state index contributed by atoms with van der Waals surface area (Å²) in [5, 5.41) is 11.0. The lowest BCUT2D eigenvalue weighted by atomic mass is 9.61. The highest BCUT2D eigenvalue weighted by atomic mass is 16.5. The maximum Gasteiger partial charge on any atom is 0.170 e. The molecule has 5 heteroatoms. The van der Waals surface area contributed by atoms with Crippen molar-refractivity contribution < 1.29 is 24.2 Å². The molecule has 0 amide bonds. The number of carbonyl (C=O) groups excluding carboxylic acids is 2. The largest absolute Gasteiger partial charge is 0.497 e. The molecule has 5 rings (SSSR count). The third kappa shape index (κ3) is 1.49. The monoisotopic (exact) mass is 378 g/mol. The van der Waals surface area contributed by atoms with Crippen molar-refractivity contribution in [2.45, 2.75) is 30.8 Å². The third-order valence-electron chi connectivity index (χ3n) is 7.56. The SMILES string of the molecule is COc1ccc(C23c4cccc(OC)c4[C@]4(C)C(=O)C2[C@]3(C)C(=O)[C@@H]4O)cc1. The van der Waals surface area contributed by atoms with Crippen molar-refractivity contribution in [1.29, 1.82) is 0 Å². The van der Waals surface area contributed by atoms with E-state index in [2.05, 4.69) is 0 Å². The van der Waals surface area contributed by atoms with Gasteiger partial charge in [0, 0.05) is 16.9 Å². The summed E-state index contributed by atoms with van der Waals surface area (Å²) in [6.45, 7) is 3.49. The van der Waals surface area contributed by atoms with Crippen LogP contribution in [0.3, 0.4) is 0 Å². The molecular formula is C23H22O5. The van der Waals surface area contributed by atoms with E-state index in [1.807, 2.05) is 43.3 Å². The molecule has 2 fully saturated rings. The molecule has 2 aromatic carbocycles. The van der Waals surface area contributed by atoms with Gasteiger partial charge in [0.1, 0.15) is 17.6 Å². The predicted molar refractivity (Wildman–Crippen MR) is 102 cm³/mol. The Morgan fingerprint density at radius 3 is 2.21 bits per heavy atom. The van der Waals surface area contributed by atoms with Crippen LogP contribution in [0.1, 0.15) is 30.5 Å². The van der Waals surface area contributed by atoms with Gasteiger partial charge >= 0.3 is 0 Å². The maximum atomic E-state index is 13.7. The number of fused-ring (bicyclic) bond motifs is 5. The zero-order chi connectivity index (χ0) is 20.1. The van der Waals surface area contributed by atoms with Crippen LogP contribution < -0.4 is 9.47 Å². The van der Waals surface area contributed by atoms with Crippen molar-refractivity contribution >= 4 is 11.6 Å². The second kappa shape index (κ2) is 5.03. The number of ether oxygens (including phenoxy) is 2. The lowest BCUT2D eigenvalue weighted by Crippen LogP contribution is -2.56. The summed E-state index contributed by atoms with van der Waals surface area (Å²) < 4.78 is 10.9. The minimum Gasteiger partial charge on any atom is -0.497 e. The Hall–Kier alpha value is -2.66. The van der Waals surface area contributed by atoms with Crippen LogP contribution in [-0.2, 0) is 20.4 Å². The molecule has 0 heterocycles. The molecule has 0 aromatic heterocycles. The summed E-state index contributed by atoms with van der Waals surface area (Å²) in [7, 11) is 3.14. The summed E-state index contributed by atoms with van der Waals surface area (Å²) in [6.07, 6.45) is -1.39. The number of hydrogen-bond donors (Lipinski definition) is 1. The topological polar surface area (TPSA) is 72.8 Å². The van der Waals surface area contributed by atoms with E-state index in [1.165, 1.54) is 0 Å². The molecule has 28 heavy (non-hydrogen) atoms. The Morgan fingerprint density at radius 1 is 0.929 bits per heavy atom. The van der Waals surface area contributed by atoms with Crippen molar-refractivity contribution in [2.75, 3.05) is 14.2 Å². The van der Waals surface area contributed by atoms with E-state index in [0.717, 1.165) is 11.1 Å². The predicted octanol–water partition coefficient (Wildman–Crippen LogP) is 2.41. The average molecular weight is 378 g/mol. The Labute approximate surface area is 163 Å². The number of hydrogen-bond acceptors (Lipinski definition) is 5. The molecule has 2 bridgehead atoms. The second-order valence-electron chi connectivity index (χ2n) is 8.39. The van der Waals surface area contributed by atoms with E-state index >= 15 is 0 Å². The van der Waals surface area contributed by atoms with Gasteiger partial charge in [0.15, 0.2) is 11.6 Å². The van der Waals surface area contributed by atoms with E-state index in [0.29, 0.717) is 17.1 Å². The number of rotatable bonds is 3. The van der Waals surface area contributed by atoms with Crippen molar-refractivity contribution in [3.05, 3.63) is 59.2 Å². The van der Waals surface area contributed by atoms with E-state index in [4.69, 9.17) is 9.47 Å². The van der Waals surface area contributed by atoms with Crippen LogP contribution in [0.5, 0.6) is 11.5 Å². The van der Waals surface area contributed by atoms with E-state index in [-0.39, 0.29) is 11.6 Å². The van der Waals surface area contributed by atoms with Gasteiger partial charge in [-0.05, 0) is 36.2 Å². The highest BCUT2D eigenvalue weighted by Gasteiger charge is 2.89. The first kappa shape index (κ1) is 17.4. The fourth-order valence-electron chi connectivity index (χ4n) is 6.13. The quantitative estimate of drug-likeness (QED) is 0.888. The first-order valence-corrected chi connectivity index (χ1v) is 9.40. The van der Waals surface area contributed by atoms with Gasteiger partial charge in [-0.1, -0.05) is 31.2 Å². The number of methoxy groups -OCH3 is 2. The molecule has 5 nitrogen and oxygen atoms in total. The summed E-state index contributed by atoms with van der Waals surface area (Å²) in [5.74, 6) is 0.387. The molecular weight excluding hydrogens is 356 g/mol. The standard InChI is InChI=1S/C23H22O5/c1-21-16-14(6-5-7-15(16)28-4)23(12-8-10-13(27-3)11-9-12)17(18(21)24)22(23,2)20(26)19(21)25/h5-11,17,19,25H,1-4H3/t17?,19-,21+,22+,23?/m0/s1. The molecule has 2 saturated carbocycles. The van der Waals surface area contributed by atoms with Crippen LogP contribution >= 0.6 is 0 Å². The van der Waals surface area contributed by atoms with Crippen LogP contribution in [0.25, 0.3) is 0 Å². The minimum absolute atomic E-state index is 0.0880. The smallest absolute Gasteiger partial charge is 0.170 e. The maximum absolute atomic E-state index is 13.7. The Kier molecular flexibility index (Phi) is 3.13. The van der Waals surface area contributed by atoms with Crippen LogP contribution in [0.4, 0.5) is 0 Å². The molecule has 5 atom stereocenters.